The van der Waals surface area contributed by atoms with Crippen molar-refractivity contribution in [2.45, 2.75) is 24.9 Å². The molecule has 0 radical (unpaired) electrons. The maximum atomic E-state index is 11.8. The van der Waals surface area contributed by atoms with Gasteiger partial charge in [0.1, 0.15) is 0 Å². The lowest BCUT2D eigenvalue weighted by Gasteiger charge is -2.35. The van der Waals surface area contributed by atoms with Crippen molar-refractivity contribution in [3.8, 4) is 0 Å². The van der Waals surface area contributed by atoms with E-state index in [-0.39, 0.29) is 6.04 Å². The number of carboxylic acid groups (broad SMARTS) is 1. The maximum absolute atomic E-state index is 11.8. The SMILES string of the molecule is CN1CCC(N(C)C(=O)NC(CO)C(=O)O)CC1. The summed E-state index contributed by atoms with van der Waals surface area (Å²) >= 11 is 0. The average molecular weight is 259 g/mol. The molecule has 2 amide bonds. The second kappa shape index (κ2) is 6.55. The van der Waals surface area contributed by atoms with Gasteiger partial charge in [-0.1, -0.05) is 0 Å². The Labute approximate surface area is 106 Å². The van der Waals surface area contributed by atoms with Crippen LogP contribution < -0.4 is 5.32 Å². The summed E-state index contributed by atoms with van der Waals surface area (Å²) in [7, 11) is 3.68. The Hall–Kier alpha value is -1.34. The third kappa shape index (κ3) is 3.85. The molecule has 0 aromatic rings. The molecule has 104 valence electrons. The van der Waals surface area contributed by atoms with Crippen LogP contribution in [0.5, 0.6) is 0 Å². The normalized spacial score (nSPS) is 19.3. The fourth-order valence-electron chi connectivity index (χ4n) is 1.98. The Balaban J connectivity index is 2.48. The first-order valence-electron chi connectivity index (χ1n) is 6.01. The topological polar surface area (TPSA) is 93.1 Å². The van der Waals surface area contributed by atoms with Gasteiger partial charge in [0.15, 0.2) is 6.04 Å². The molecular formula is C11H21N3O4. The van der Waals surface area contributed by atoms with E-state index in [1.807, 2.05) is 7.05 Å². The molecule has 1 fully saturated rings. The number of rotatable bonds is 4. The van der Waals surface area contributed by atoms with Gasteiger partial charge in [-0.3, -0.25) is 0 Å². The Bertz CT molecular complexity index is 303. The smallest absolute Gasteiger partial charge is 0.328 e. The number of hydrogen-bond acceptors (Lipinski definition) is 4. The molecule has 0 spiro atoms. The number of hydrogen-bond donors (Lipinski definition) is 3. The number of carbonyl (C=O) groups is 2. The van der Waals surface area contributed by atoms with Gasteiger partial charge in [-0.2, -0.15) is 0 Å². The van der Waals surface area contributed by atoms with Crippen LogP contribution in [0.4, 0.5) is 4.79 Å². The average Bonchev–Trinajstić information content (AvgIpc) is 2.35. The number of piperidine rings is 1. The van der Waals surface area contributed by atoms with E-state index in [9.17, 15) is 9.59 Å². The summed E-state index contributed by atoms with van der Waals surface area (Å²) in [5, 5.41) is 19.9. The van der Waals surface area contributed by atoms with E-state index >= 15 is 0 Å². The molecule has 0 aliphatic carbocycles. The highest BCUT2D eigenvalue weighted by Crippen LogP contribution is 2.14. The number of carboxylic acids is 1. The van der Waals surface area contributed by atoms with E-state index in [4.69, 9.17) is 10.2 Å². The lowest BCUT2D eigenvalue weighted by molar-refractivity contribution is -0.140. The number of aliphatic carboxylic acids is 1. The van der Waals surface area contributed by atoms with Crippen LogP contribution in [0.3, 0.4) is 0 Å². The minimum atomic E-state index is -1.24. The van der Waals surface area contributed by atoms with Gasteiger partial charge in [-0.05, 0) is 33.0 Å². The molecule has 1 unspecified atom stereocenters. The van der Waals surface area contributed by atoms with E-state index in [2.05, 4.69) is 10.2 Å². The third-order valence-electron chi connectivity index (χ3n) is 3.33. The van der Waals surface area contributed by atoms with Gasteiger partial charge >= 0.3 is 12.0 Å². The number of amides is 2. The first-order valence-corrected chi connectivity index (χ1v) is 6.01. The van der Waals surface area contributed by atoms with Crippen molar-refractivity contribution >= 4 is 12.0 Å². The fourth-order valence-corrected chi connectivity index (χ4v) is 1.98. The van der Waals surface area contributed by atoms with Crippen LogP contribution in [0.25, 0.3) is 0 Å². The highest BCUT2D eigenvalue weighted by atomic mass is 16.4. The molecule has 0 aromatic carbocycles. The van der Waals surface area contributed by atoms with Crippen LogP contribution >= 0.6 is 0 Å². The minimum Gasteiger partial charge on any atom is -0.480 e. The monoisotopic (exact) mass is 259 g/mol. The predicted molar refractivity (Wildman–Crippen MR) is 65.3 cm³/mol. The van der Waals surface area contributed by atoms with Gasteiger partial charge in [0.25, 0.3) is 0 Å². The number of nitrogens with one attached hydrogen (secondary N) is 1. The number of aliphatic hydroxyl groups is 1. The number of carbonyl (C=O) groups excluding carboxylic acids is 1. The van der Waals surface area contributed by atoms with Crippen molar-refractivity contribution in [1.29, 1.82) is 0 Å². The van der Waals surface area contributed by atoms with Crippen molar-refractivity contribution in [1.82, 2.24) is 15.1 Å². The van der Waals surface area contributed by atoms with Gasteiger partial charge in [-0.15, -0.1) is 0 Å². The Morgan fingerprint density at radius 3 is 2.44 bits per heavy atom. The summed E-state index contributed by atoms with van der Waals surface area (Å²) in [4.78, 5) is 26.2. The summed E-state index contributed by atoms with van der Waals surface area (Å²) in [6.07, 6.45) is 1.74. The molecule has 7 nitrogen and oxygen atoms in total. The lowest BCUT2D eigenvalue weighted by atomic mass is 10.0. The summed E-state index contributed by atoms with van der Waals surface area (Å²) in [6, 6.07) is -1.58. The third-order valence-corrected chi connectivity index (χ3v) is 3.33. The zero-order chi connectivity index (χ0) is 13.7. The zero-order valence-corrected chi connectivity index (χ0v) is 10.8. The largest absolute Gasteiger partial charge is 0.480 e. The zero-order valence-electron chi connectivity index (χ0n) is 10.8. The van der Waals surface area contributed by atoms with Crippen molar-refractivity contribution in [2.24, 2.45) is 0 Å². The van der Waals surface area contributed by atoms with Gasteiger partial charge in [0, 0.05) is 13.1 Å². The first-order chi connectivity index (χ1) is 8.45. The second-order valence-electron chi connectivity index (χ2n) is 4.67. The minimum absolute atomic E-state index is 0.120. The van der Waals surface area contributed by atoms with Crippen LogP contribution in [0.15, 0.2) is 0 Å². The molecule has 1 aliphatic heterocycles. The summed E-state index contributed by atoms with van der Waals surface area (Å²) in [5.74, 6) is -1.23. The molecule has 3 N–H and O–H groups in total. The van der Waals surface area contributed by atoms with Crippen LogP contribution in [0, 0.1) is 0 Å². The van der Waals surface area contributed by atoms with Crippen LogP contribution in [0.1, 0.15) is 12.8 Å². The second-order valence-corrected chi connectivity index (χ2v) is 4.67. The first kappa shape index (κ1) is 14.7. The van der Waals surface area contributed by atoms with Crippen molar-refractivity contribution in [2.75, 3.05) is 33.8 Å². The number of aliphatic hydroxyl groups excluding tert-OH is 1. The quantitative estimate of drug-likeness (QED) is 0.612. The molecule has 1 heterocycles. The van der Waals surface area contributed by atoms with Crippen LogP contribution in [-0.4, -0.2) is 77.9 Å². The number of nitrogens with zero attached hydrogens (tertiary/aromatic N) is 2. The molecule has 18 heavy (non-hydrogen) atoms. The highest BCUT2D eigenvalue weighted by Gasteiger charge is 2.26. The number of urea groups is 1. The molecule has 7 heteroatoms. The molecule has 1 aliphatic rings. The Morgan fingerprint density at radius 2 is 2.00 bits per heavy atom. The van der Waals surface area contributed by atoms with Crippen LogP contribution in [0.2, 0.25) is 0 Å². The predicted octanol–water partition coefficient (Wildman–Crippen LogP) is -0.832. The van der Waals surface area contributed by atoms with Crippen molar-refractivity contribution < 1.29 is 19.8 Å². The van der Waals surface area contributed by atoms with Gasteiger partial charge in [0.05, 0.1) is 6.61 Å². The maximum Gasteiger partial charge on any atom is 0.328 e. The standard InChI is InChI=1S/C11H21N3O4/c1-13-5-3-8(4-6-13)14(2)11(18)12-9(7-15)10(16)17/h8-9,15H,3-7H2,1-2H3,(H,12,18)(H,16,17). The molecule has 0 aromatic heterocycles. The van der Waals surface area contributed by atoms with E-state index in [1.54, 1.807) is 7.05 Å². The lowest BCUT2D eigenvalue weighted by Crippen LogP contribution is -2.53. The molecule has 1 atom stereocenters. The Morgan fingerprint density at radius 1 is 1.44 bits per heavy atom. The molecule has 0 bridgehead atoms. The van der Waals surface area contributed by atoms with E-state index in [0.717, 1.165) is 25.9 Å². The van der Waals surface area contributed by atoms with Crippen molar-refractivity contribution in [3.63, 3.8) is 0 Å². The van der Waals surface area contributed by atoms with Crippen molar-refractivity contribution in [3.05, 3.63) is 0 Å². The van der Waals surface area contributed by atoms with E-state index in [1.165, 1.54) is 4.90 Å². The fraction of sp³-hybridized carbons (Fsp3) is 0.818. The van der Waals surface area contributed by atoms with E-state index in [0.29, 0.717) is 0 Å². The van der Waals surface area contributed by atoms with Crippen LogP contribution in [-0.2, 0) is 4.79 Å². The van der Waals surface area contributed by atoms with E-state index < -0.39 is 24.6 Å². The highest BCUT2D eigenvalue weighted by molar-refractivity contribution is 5.82. The van der Waals surface area contributed by atoms with Gasteiger partial charge in [0.2, 0.25) is 0 Å². The summed E-state index contributed by atoms with van der Waals surface area (Å²) in [6.45, 7) is 1.23. The van der Waals surface area contributed by atoms with Gasteiger partial charge < -0.3 is 25.3 Å². The molecule has 1 saturated heterocycles. The summed E-state index contributed by atoms with van der Waals surface area (Å²) < 4.78 is 0. The van der Waals surface area contributed by atoms with Gasteiger partial charge in [-0.25, -0.2) is 9.59 Å². The summed E-state index contributed by atoms with van der Waals surface area (Å²) in [5.41, 5.74) is 0. The Kier molecular flexibility index (Phi) is 5.36. The molecule has 1 rings (SSSR count). The molecule has 0 saturated carbocycles. The molecular weight excluding hydrogens is 238 g/mol. The number of likely N-dealkylation sites (tertiary alicyclic amines) is 1.